The summed E-state index contributed by atoms with van der Waals surface area (Å²) in [6, 6.07) is 15.4. The molecule has 4 heteroatoms. The Hall–Kier alpha value is -2.75. The molecule has 0 spiro atoms. The van der Waals surface area contributed by atoms with Gasteiger partial charge in [0.15, 0.2) is 0 Å². The Kier molecular flexibility index (Phi) is 5.08. The molecule has 25 heavy (non-hydrogen) atoms. The molecule has 0 amide bonds. The first-order valence-corrected chi connectivity index (χ1v) is 8.47. The van der Waals surface area contributed by atoms with Gasteiger partial charge in [0.05, 0.1) is 19.2 Å². The maximum absolute atomic E-state index is 12.4. The number of ether oxygens (including phenoxy) is 2. The van der Waals surface area contributed by atoms with E-state index in [-0.39, 0.29) is 5.56 Å². The van der Waals surface area contributed by atoms with Crippen molar-refractivity contribution in [2.45, 2.75) is 26.8 Å². The molecule has 130 valence electrons. The fourth-order valence-corrected chi connectivity index (χ4v) is 3.09. The molecule has 0 radical (unpaired) electrons. The number of aryl methyl sites for hydroxylation is 3. The second kappa shape index (κ2) is 7.43. The summed E-state index contributed by atoms with van der Waals surface area (Å²) in [7, 11) is 1.64. The van der Waals surface area contributed by atoms with Crippen molar-refractivity contribution >= 4 is 10.9 Å². The van der Waals surface area contributed by atoms with Gasteiger partial charge in [-0.15, -0.1) is 0 Å². The van der Waals surface area contributed by atoms with Crippen molar-refractivity contribution in [1.82, 2.24) is 4.57 Å². The summed E-state index contributed by atoms with van der Waals surface area (Å²) >= 11 is 0. The number of pyridine rings is 1. The lowest BCUT2D eigenvalue weighted by Crippen LogP contribution is -2.22. The number of para-hydroxylation sites is 1. The third-order valence-electron chi connectivity index (χ3n) is 4.39. The Labute approximate surface area is 147 Å². The van der Waals surface area contributed by atoms with Gasteiger partial charge in [-0.2, -0.15) is 0 Å². The normalized spacial score (nSPS) is 10.8. The van der Waals surface area contributed by atoms with Crippen LogP contribution in [0, 0.1) is 13.8 Å². The molecule has 1 aromatic heterocycles. The molecule has 0 fully saturated rings. The molecule has 0 saturated carbocycles. The van der Waals surface area contributed by atoms with E-state index in [1.807, 2.05) is 54.8 Å². The minimum atomic E-state index is 0.0451. The van der Waals surface area contributed by atoms with Gasteiger partial charge in [-0.3, -0.25) is 4.79 Å². The van der Waals surface area contributed by atoms with Crippen molar-refractivity contribution in [2.75, 3.05) is 13.7 Å². The van der Waals surface area contributed by atoms with Crippen LogP contribution in [0.1, 0.15) is 17.5 Å². The number of hydrogen-bond donors (Lipinski definition) is 0. The number of methoxy groups -OCH3 is 1. The number of aromatic nitrogens is 1. The molecule has 2 aromatic carbocycles. The zero-order chi connectivity index (χ0) is 17.8. The smallest absolute Gasteiger partial charge is 0.251 e. The van der Waals surface area contributed by atoms with E-state index >= 15 is 0 Å². The fourth-order valence-electron chi connectivity index (χ4n) is 3.09. The molecule has 4 nitrogen and oxygen atoms in total. The first-order chi connectivity index (χ1) is 12.1. The van der Waals surface area contributed by atoms with Crippen LogP contribution in [0.25, 0.3) is 10.9 Å². The molecule has 0 aliphatic rings. The van der Waals surface area contributed by atoms with Crippen LogP contribution in [-0.2, 0) is 6.54 Å². The van der Waals surface area contributed by atoms with E-state index in [0.717, 1.165) is 39.9 Å². The quantitative estimate of drug-likeness (QED) is 0.636. The number of rotatable bonds is 6. The first-order valence-electron chi connectivity index (χ1n) is 8.47. The Bertz CT molecular complexity index is 926. The number of fused-ring (bicyclic) bond motifs is 1. The second-order valence-electron chi connectivity index (χ2n) is 6.17. The maximum Gasteiger partial charge on any atom is 0.251 e. The molecule has 1 heterocycles. The topological polar surface area (TPSA) is 40.5 Å². The molecule has 0 unspecified atom stereocenters. The highest BCUT2D eigenvalue weighted by atomic mass is 16.5. The van der Waals surface area contributed by atoms with Gasteiger partial charge in [-0.1, -0.05) is 18.2 Å². The average molecular weight is 337 g/mol. The van der Waals surface area contributed by atoms with Gasteiger partial charge in [0.25, 0.3) is 5.56 Å². The first kappa shape index (κ1) is 17.1. The maximum atomic E-state index is 12.4. The van der Waals surface area contributed by atoms with E-state index in [1.54, 1.807) is 13.2 Å². The van der Waals surface area contributed by atoms with Crippen molar-refractivity contribution in [1.29, 1.82) is 0 Å². The number of benzene rings is 2. The van der Waals surface area contributed by atoms with Crippen molar-refractivity contribution in [2.24, 2.45) is 0 Å². The van der Waals surface area contributed by atoms with Crippen molar-refractivity contribution in [3.05, 3.63) is 70.0 Å². The van der Waals surface area contributed by atoms with E-state index in [2.05, 4.69) is 6.07 Å². The van der Waals surface area contributed by atoms with Gasteiger partial charge in [0.1, 0.15) is 11.5 Å². The van der Waals surface area contributed by atoms with Gasteiger partial charge in [-0.25, -0.2) is 0 Å². The lowest BCUT2D eigenvalue weighted by molar-refractivity contribution is 0.301. The molecule has 3 rings (SSSR count). The molecule has 0 N–H and O–H groups in total. The van der Waals surface area contributed by atoms with E-state index in [9.17, 15) is 4.79 Å². The highest BCUT2D eigenvalue weighted by Crippen LogP contribution is 2.20. The van der Waals surface area contributed by atoms with Crippen molar-refractivity contribution < 1.29 is 9.47 Å². The van der Waals surface area contributed by atoms with E-state index in [4.69, 9.17) is 9.47 Å². The summed E-state index contributed by atoms with van der Waals surface area (Å²) in [6.07, 6.45) is 0.762. The summed E-state index contributed by atoms with van der Waals surface area (Å²) in [5.74, 6) is 1.61. The molecule has 3 aromatic rings. The molecule has 0 aliphatic heterocycles. The number of hydrogen-bond acceptors (Lipinski definition) is 3. The third-order valence-corrected chi connectivity index (χ3v) is 4.39. The van der Waals surface area contributed by atoms with Gasteiger partial charge in [0, 0.05) is 18.0 Å². The molecule has 0 bridgehead atoms. The van der Waals surface area contributed by atoms with Crippen LogP contribution < -0.4 is 15.0 Å². The highest BCUT2D eigenvalue weighted by molar-refractivity contribution is 5.85. The van der Waals surface area contributed by atoms with Crippen LogP contribution in [0.4, 0.5) is 0 Å². The Morgan fingerprint density at radius 1 is 0.960 bits per heavy atom. The molecule has 0 aliphatic carbocycles. The van der Waals surface area contributed by atoms with E-state index in [0.29, 0.717) is 13.2 Å². The molecule has 0 atom stereocenters. The van der Waals surface area contributed by atoms with Gasteiger partial charge < -0.3 is 14.0 Å². The minimum Gasteiger partial charge on any atom is -0.497 e. The van der Waals surface area contributed by atoms with Gasteiger partial charge in [-0.05, 0) is 55.7 Å². The lowest BCUT2D eigenvalue weighted by Gasteiger charge is -2.14. The average Bonchev–Trinajstić information content (AvgIpc) is 2.62. The summed E-state index contributed by atoms with van der Waals surface area (Å²) < 4.78 is 12.8. The zero-order valence-corrected chi connectivity index (χ0v) is 14.9. The SMILES string of the molecule is COc1ccc(OCCCn2c(=O)cc(C)c3cccc(C)c32)cc1. The van der Waals surface area contributed by atoms with Crippen LogP contribution in [0.2, 0.25) is 0 Å². The van der Waals surface area contributed by atoms with Crippen LogP contribution in [0.15, 0.2) is 53.3 Å². The second-order valence-corrected chi connectivity index (χ2v) is 6.17. The van der Waals surface area contributed by atoms with Crippen LogP contribution in [0.5, 0.6) is 11.5 Å². The lowest BCUT2D eigenvalue weighted by atomic mass is 10.1. The molecule has 0 saturated heterocycles. The Balaban J connectivity index is 1.72. The zero-order valence-electron chi connectivity index (χ0n) is 14.9. The predicted molar refractivity (Wildman–Crippen MR) is 101 cm³/mol. The highest BCUT2D eigenvalue weighted by Gasteiger charge is 2.08. The Morgan fingerprint density at radius 3 is 2.40 bits per heavy atom. The molecular weight excluding hydrogens is 314 g/mol. The van der Waals surface area contributed by atoms with Gasteiger partial charge in [0.2, 0.25) is 0 Å². The van der Waals surface area contributed by atoms with Crippen LogP contribution in [0.3, 0.4) is 0 Å². The predicted octanol–water partition coefficient (Wildman–Crippen LogP) is 4.10. The summed E-state index contributed by atoms with van der Waals surface area (Å²) in [6.45, 7) is 5.22. The van der Waals surface area contributed by atoms with Crippen LogP contribution >= 0.6 is 0 Å². The largest absolute Gasteiger partial charge is 0.497 e. The third kappa shape index (κ3) is 3.68. The van der Waals surface area contributed by atoms with Crippen molar-refractivity contribution in [3.8, 4) is 11.5 Å². The van der Waals surface area contributed by atoms with E-state index < -0.39 is 0 Å². The van der Waals surface area contributed by atoms with Crippen molar-refractivity contribution in [3.63, 3.8) is 0 Å². The molecular formula is C21H23NO3. The minimum absolute atomic E-state index is 0.0451. The Morgan fingerprint density at radius 2 is 1.68 bits per heavy atom. The summed E-state index contributed by atoms with van der Waals surface area (Å²) in [5.41, 5.74) is 3.21. The standard InChI is InChI=1S/C21H23NO3/c1-15-6-4-7-19-16(2)14-20(23)22(21(15)19)12-5-13-25-18-10-8-17(24-3)9-11-18/h4,6-11,14H,5,12-13H2,1-3H3. The van der Waals surface area contributed by atoms with Gasteiger partial charge >= 0.3 is 0 Å². The monoisotopic (exact) mass is 337 g/mol. The fraction of sp³-hybridized carbons (Fsp3) is 0.286. The summed E-state index contributed by atoms with van der Waals surface area (Å²) in [4.78, 5) is 12.4. The van der Waals surface area contributed by atoms with Crippen LogP contribution in [-0.4, -0.2) is 18.3 Å². The summed E-state index contributed by atoms with van der Waals surface area (Å²) in [5, 5.41) is 1.13. The van der Waals surface area contributed by atoms with E-state index in [1.165, 1.54) is 0 Å². The number of nitrogens with zero attached hydrogens (tertiary/aromatic N) is 1.